The largest absolute Gasteiger partial charge is 0.744 e. The quantitative estimate of drug-likeness (QED) is 0.0605. The van der Waals surface area contributed by atoms with Crippen molar-refractivity contribution in [2.75, 3.05) is 37.8 Å². The van der Waals surface area contributed by atoms with E-state index in [4.69, 9.17) is 9.52 Å². The Labute approximate surface area is 342 Å². The summed E-state index contributed by atoms with van der Waals surface area (Å²) in [5.41, 5.74) is 1.92. The molecule has 4 N–H and O–H groups in total. The van der Waals surface area contributed by atoms with Gasteiger partial charge in [-0.15, -0.1) is 0 Å². The number of carboxylic acids is 1. The molecule has 0 fully saturated rings. The van der Waals surface area contributed by atoms with Gasteiger partial charge in [-0.25, -0.2) is 25.8 Å². The van der Waals surface area contributed by atoms with E-state index >= 15 is 0 Å². The third-order valence-electron chi connectivity index (χ3n) is 9.95. The Balaban J connectivity index is 1.81. The Kier molecular flexibility index (Phi) is 15.1. The maximum absolute atomic E-state index is 13.9. The number of anilines is 1. The average molecular weight is 860 g/mol. The zero-order chi connectivity index (χ0) is 44.0. The van der Waals surface area contributed by atoms with Crippen molar-refractivity contribution >= 4 is 60.4 Å². The first kappa shape index (κ1) is 46.4. The smallest absolute Gasteiger partial charge is 0.305 e. The summed E-state index contributed by atoms with van der Waals surface area (Å²) < 4.78 is 90.7. The summed E-state index contributed by atoms with van der Waals surface area (Å²) in [6.07, 6.45) is -0.912. The van der Waals surface area contributed by atoms with Crippen molar-refractivity contribution in [2.45, 2.75) is 82.8 Å². The first-order valence-corrected chi connectivity index (χ1v) is 22.0. The fourth-order valence-electron chi connectivity index (χ4n) is 6.72. The second-order valence-corrected chi connectivity index (χ2v) is 17.2. The molecule has 59 heavy (non-hydrogen) atoms. The Morgan fingerprint density at radius 3 is 2.07 bits per heavy atom. The van der Waals surface area contributed by atoms with Crippen LogP contribution in [0.1, 0.15) is 54.9 Å². The van der Waals surface area contributed by atoms with Crippen LogP contribution in [0.15, 0.2) is 68.8 Å². The maximum Gasteiger partial charge on any atom is 0.305 e. The van der Waals surface area contributed by atoms with Gasteiger partial charge in [-0.1, -0.05) is 19.9 Å². The molecule has 1 aliphatic carbocycles. The first-order chi connectivity index (χ1) is 27.7. The van der Waals surface area contributed by atoms with Crippen molar-refractivity contribution in [3.8, 4) is 22.5 Å². The molecule has 19 heteroatoms. The topological polar surface area (TPSA) is 235 Å². The van der Waals surface area contributed by atoms with Crippen LogP contribution >= 0.6 is 0 Å². The van der Waals surface area contributed by atoms with Crippen LogP contribution in [0.25, 0.3) is 33.4 Å². The van der Waals surface area contributed by atoms with Gasteiger partial charge in [0.2, 0.25) is 27.2 Å². The first-order valence-electron chi connectivity index (χ1n) is 19.1. The van der Waals surface area contributed by atoms with E-state index in [2.05, 4.69) is 24.8 Å². The number of carbonyl (C=O) groups is 4. The van der Waals surface area contributed by atoms with E-state index in [0.29, 0.717) is 54.0 Å². The zero-order valence-corrected chi connectivity index (χ0v) is 35.5. The number of Topliss-reactive ketones (excluding diaryl/α,β-unsaturated/α-hetero) is 1. The molecule has 0 spiro atoms. The number of alkyl halides is 1. The third-order valence-corrected chi connectivity index (χ3v) is 12.3. The summed E-state index contributed by atoms with van der Waals surface area (Å²) in [5.74, 6) is -5.11. The number of hydrogen-bond donors (Lipinski definition) is 4. The minimum Gasteiger partial charge on any atom is -0.744 e. The van der Waals surface area contributed by atoms with Gasteiger partial charge in [0.05, 0.1) is 22.3 Å². The second kappa shape index (κ2) is 19.2. The summed E-state index contributed by atoms with van der Waals surface area (Å²) in [6.45, 7) is 13.4. The standard InChI is InChI=1S/C40H50FN5O11S2/c1-8-45(9-2)25-12-15-28-33(18-25)57-34-19-26(46(10-3)11-4)13-16-29(34)37(28)30-17-14-27(20-35(30)59(54,55)56)58(52,53)44-38(23(5)6)40(51)42-24(7)39(50)43-31(21-36(48)49)32(47)22-41/h12-20,23-24,31,38,44H,8-11,21-22H2,1-7H3,(H3-,42,43,48,49,50,51,54,55,56). The molecule has 1 aliphatic heterocycles. The predicted octanol–water partition coefficient (Wildman–Crippen LogP) is 3.07. The number of sulfonamides is 1. The number of nitrogens with zero attached hydrogens (tertiary/aromatic N) is 2. The van der Waals surface area contributed by atoms with Crippen LogP contribution in [0.5, 0.6) is 0 Å². The molecule has 2 aliphatic rings. The van der Waals surface area contributed by atoms with E-state index in [1.807, 2.05) is 52.0 Å². The van der Waals surface area contributed by atoms with Crippen LogP contribution in [-0.2, 0) is 39.3 Å². The Hall–Kier alpha value is -5.24. The zero-order valence-electron chi connectivity index (χ0n) is 33.9. The molecule has 0 aromatic heterocycles. The monoisotopic (exact) mass is 859 g/mol. The second-order valence-electron chi connectivity index (χ2n) is 14.1. The summed E-state index contributed by atoms with van der Waals surface area (Å²) >= 11 is 0. The van der Waals surface area contributed by atoms with Crippen LogP contribution in [0, 0.1) is 5.92 Å². The van der Waals surface area contributed by atoms with Crippen molar-refractivity contribution in [3.63, 3.8) is 0 Å². The van der Waals surface area contributed by atoms with Crippen molar-refractivity contribution in [1.29, 1.82) is 0 Å². The minimum absolute atomic E-state index is 0.0821. The van der Waals surface area contributed by atoms with Crippen molar-refractivity contribution in [1.82, 2.24) is 19.9 Å². The number of carboxylic acid groups (broad SMARTS) is 1. The highest BCUT2D eigenvalue weighted by molar-refractivity contribution is 7.89. The molecule has 3 unspecified atom stereocenters. The summed E-state index contributed by atoms with van der Waals surface area (Å²) in [4.78, 5) is 49.7. The number of benzene rings is 3. The SMILES string of the molecule is CCN(CC)c1ccc2c(-c3ccc(S(=O)(=O)NC(C(=O)NC(C)C(=O)NC(CC(=O)O)C(=O)CF)C(C)C)cc3S(=O)(=O)[O-])c3ccc(=[N+](CC)CC)cc-3oc2c1. The van der Waals surface area contributed by atoms with Crippen molar-refractivity contribution < 1.29 is 54.5 Å². The summed E-state index contributed by atoms with van der Waals surface area (Å²) in [5, 5.41) is 14.7. The fourth-order valence-corrected chi connectivity index (χ4v) is 8.87. The van der Waals surface area contributed by atoms with Crippen LogP contribution in [-0.4, -0.2) is 101 Å². The Morgan fingerprint density at radius 1 is 0.864 bits per heavy atom. The van der Waals surface area contributed by atoms with Gasteiger partial charge in [0, 0.05) is 53.0 Å². The van der Waals surface area contributed by atoms with Gasteiger partial charge in [-0.3, -0.25) is 19.2 Å². The third kappa shape index (κ3) is 10.7. The van der Waals surface area contributed by atoms with Gasteiger partial charge in [-0.2, -0.15) is 4.72 Å². The van der Waals surface area contributed by atoms with Crippen LogP contribution in [0.3, 0.4) is 0 Å². The van der Waals surface area contributed by atoms with E-state index in [0.717, 1.165) is 23.2 Å². The lowest BCUT2D eigenvalue weighted by atomic mass is 9.93. The van der Waals surface area contributed by atoms with Gasteiger partial charge in [0.1, 0.15) is 59.4 Å². The molecular weight excluding hydrogens is 810 g/mol. The van der Waals surface area contributed by atoms with E-state index in [-0.39, 0.29) is 5.56 Å². The average Bonchev–Trinajstić information content (AvgIpc) is 3.18. The van der Waals surface area contributed by atoms with Gasteiger partial charge in [-0.05, 0) is 70.9 Å². The molecule has 2 aromatic rings. The Bertz CT molecular complexity index is 2490. The highest BCUT2D eigenvalue weighted by atomic mass is 32.2. The van der Waals surface area contributed by atoms with Crippen LogP contribution in [0.2, 0.25) is 0 Å². The molecule has 4 rings (SSSR count). The molecule has 2 amide bonds. The van der Waals surface area contributed by atoms with Gasteiger partial charge < -0.3 is 29.6 Å². The number of rotatable bonds is 19. The number of fused-ring (bicyclic) bond motifs is 2. The van der Waals surface area contributed by atoms with E-state index in [1.165, 1.54) is 26.8 Å². The normalized spacial score (nSPS) is 13.5. The number of ketones is 1. The van der Waals surface area contributed by atoms with E-state index in [9.17, 15) is 45.0 Å². The Morgan fingerprint density at radius 2 is 1.51 bits per heavy atom. The highest BCUT2D eigenvalue weighted by Gasteiger charge is 2.33. The molecule has 3 atom stereocenters. The molecule has 0 radical (unpaired) electrons. The molecule has 0 saturated carbocycles. The van der Waals surface area contributed by atoms with Crippen molar-refractivity contribution in [3.05, 3.63) is 60.0 Å². The van der Waals surface area contributed by atoms with E-state index in [1.54, 1.807) is 12.1 Å². The van der Waals surface area contributed by atoms with Gasteiger partial charge in [0.15, 0.2) is 5.78 Å². The predicted molar refractivity (Wildman–Crippen MR) is 218 cm³/mol. The number of halogens is 1. The maximum atomic E-state index is 13.9. The summed E-state index contributed by atoms with van der Waals surface area (Å²) in [7, 11) is -10.1. The molecule has 1 heterocycles. The molecule has 320 valence electrons. The van der Waals surface area contributed by atoms with Crippen LogP contribution < -0.4 is 30.2 Å². The number of aliphatic carboxylic acids is 1. The highest BCUT2D eigenvalue weighted by Crippen LogP contribution is 2.43. The molecular formula is C40H50FN5O11S2. The molecule has 2 aromatic carbocycles. The lowest BCUT2D eigenvalue weighted by Gasteiger charge is -2.25. The van der Waals surface area contributed by atoms with E-state index < -0.39 is 90.6 Å². The molecule has 16 nitrogen and oxygen atoms in total. The summed E-state index contributed by atoms with van der Waals surface area (Å²) in [6, 6.07) is 9.18. The van der Waals surface area contributed by atoms with Gasteiger partial charge >= 0.3 is 5.97 Å². The van der Waals surface area contributed by atoms with Crippen LogP contribution in [0.4, 0.5) is 10.1 Å². The lowest BCUT2D eigenvalue weighted by molar-refractivity contribution is -0.140. The number of nitrogens with one attached hydrogen (secondary N) is 3. The molecule has 0 bridgehead atoms. The van der Waals surface area contributed by atoms with Gasteiger partial charge in [0.25, 0.3) is 0 Å². The number of carbonyl (C=O) groups excluding carboxylic acids is 3. The van der Waals surface area contributed by atoms with Crippen molar-refractivity contribution in [2.24, 2.45) is 5.92 Å². The number of hydrogen-bond acceptors (Lipinski definition) is 11. The minimum atomic E-state index is -5.37. The molecule has 0 saturated heterocycles. The number of amides is 2. The lowest BCUT2D eigenvalue weighted by Crippen LogP contribution is -2.56. The fraction of sp³-hybridized carbons (Fsp3) is 0.425.